The molecular formula is C49H31N3. The molecule has 0 saturated heterocycles. The average molecular weight is 662 g/mol. The molecule has 0 unspecified atom stereocenters. The van der Waals surface area contributed by atoms with Gasteiger partial charge in [-0.25, -0.2) is 15.0 Å². The van der Waals surface area contributed by atoms with E-state index in [0.717, 1.165) is 33.4 Å². The maximum Gasteiger partial charge on any atom is 0.164 e. The Morgan fingerprint density at radius 1 is 0.250 bits per heavy atom. The van der Waals surface area contributed by atoms with Gasteiger partial charge in [-0.1, -0.05) is 170 Å². The first-order valence-corrected chi connectivity index (χ1v) is 17.6. The Hall–Kier alpha value is -6.97. The van der Waals surface area contributed by atoms with E-state index in [1.807, 2.05) is 24.3 Å². The van der Waals surface area contributed by atoms with Gasteiger partial charge in [0.1, 0.15) is 0 Å². The number of aromatic nitrogens is 3. The largest absolute Gasteiger partial charge is 0.208 e. The van der Waals surface area contributed by atoms with Crippen LogP contribution in [0.3, 0.4) is 0 Å². The Kier molecular flexibility index (Phi) is 7.14. The van der Waals surface area contributed by atoms with Crippen LogP contribution in [-0.2, 0) is 0 Å². The number of nitrogens with zero attached hydrogens (tertiary/aromatic N) is 3. The van der Waals surface area contributed by atoms with Gasteiger partial charge in [0.15, 0.2) is 17.5 Å². The monoisotopic (exact) mass is 661 g/mol. The fourth-order valence-electron chi connectivity index (χ4n) is 7.58. The second-order valence-corrected chi connectivity index (χ2v) is 13.2. The predicted octanol–water partition coefficient (Wildman–Crippen LogP) is 12.8. The highest BCUT2D eigenvalue weighted by atomic mass is 15.0. The molecule has 3 heteroatoms. The molecule has 242 valence electrons. The molecule has 9 aromatic carbocycles. The summed E-state index contributed by atoms with van der Waals surface area (Å²) < 4.78 is 0. The van der Waals surface area contributed by atoms with E-state index < -0.39 is 0 Å². The summed E-state index contributed by atoms with van der Waals surface area (Å²) in [6, 6.07) is 66.5. The smallest absolute Gasteiger partial charge is 0.164 e. The van der Waals surface area contributed by atoms with Crippen LogP contribution in [0.15, 0.2) is 188 Å². The molecule has 10 rings (SSSR count). The summed E-state index contributed by atoms with van der Waals surface area (Å²) >= 11 is 0. The molecule has 0 atom stereocenters. The number of benzene rings is 9. The van der Waals surface area contributed by atoms with E-state index in [0.29, 0.717) is 17.5 Å². The quantitative estimate of drug-likeness (QED) is 0.172. The van der Waals surface area contributed by atoms with Gasteiger partial charge in [-0.2, -0.15) is 0 Å². The highest BCUT2D eigenvalue weighted by molar-refractivity contribution is 6.28. The van der Waals surface area contributed by atoms with E-state index in [4.69, 9.17) is 15.0 Å². The lowest BCUT2D eigenvalue weighted by Crippen LogP contribution is -2.00. The van der Waals surface area contributed by atoms with Crippen molar-refractivity contribution in [3.63, 3.8) is 0 Å². The fourth-order valence-corrected chi connectivity index (χ4v) is 7.58. The SMILES string of the molecule is c1ccc(-c2cccc(-c3nc(-c4ccccc4)nc(-c4cccc(-c5cc6ccc7ccccc7c6c6ccc7ccccc7c56)c4)n3)c2)cc1. The summed E-state index contributed by atoms with van der Waals surface area (Å²) in [4.78, 5) is 15.3. The van der Waals surface area contributed by atoms with Gasteiger partial charge in [0, 0.05) is 16.7 Å². The fraction of sp³-hybridized carbons (Fsp3) is 0. The van der Waals surface area contributed by atoms with Crippen molar-refractivity contribution < 1.29 is 0 Å². The Morgan fingerprint density at radius 2 is 0.712 bits per heavy atom. The molecule has 0 aliphatic heterocycles. The zero-order valence-electron chi connectivity index (χ0n) is 28.2. The molecule has 0 spiro atoms. The Bertz CT molecular complexity index is 2950. The van der Waals surface area contributed by atoms with Crippen LogP contribution < -0.4 is 0 Å². The molecule has 52 heavy (non-hydrogen) atoms. The van der Waals surface area contributed by atoms with Gasteiger partial charge < -0.3 is 0 Å². The Labute approximate surface area is 301 Å². The second-order valence-electron chi connectivity index (χ2n) is 13.2. The summed E-state index contributed by atoms with van der Waals surface area (Å²) in [5.74, 6) is 1.92. The van der Waals surface area contributed by atoms with E-state index >= 15 is 0 Å². The maximum absolute atomic E-state index is 5.14. The Balaban J connectivity index is 1.19. The first-order valence-electron chi connectivity index (χ1n) is 17.6. The molecule has 0 bridgehead atoms. The van der Waals surface area contributed by atoms with Crippen molar-refractivity contribution in [1.29, 1.82) is 0 Å². The molecule has 1 aromatic heterocycles. The number of fused-ring (bicyclic) bond motifs is 7. The van der Waals surface area contributed by atoms with Crippen molar-refractivity contribution in [3.05, 3.63) is 188 Å². The topological polar surface area (TPSA) is 38.7 Å². The van der Waals surface area contributed by atoms with Crippen LogP contribution in [0.25, 0.3) is 99.5 Å². The third-order valence-corrected chi connectivity index (χ3v) is 10.1. The number of hydrogen-bond donors (Lipinski definition) is 0. The van der Waals surface area contributed by atoms with Gasteiger partial charge in [-0.05, 0) is 83.5 Å². The maximum atomic E-state index is 5.14. The van der Waals surface area contributed by atoms with Crippen LogP contribution in [0.1, 0.15) is 0 Å². The normalized spacial score (nSPS) is 11.5. The van der Waals surface area contributed by atoms with E-state index in [1.54, 1.807) is 0 Å². The van der Waals surface area contributed by atoms with Gasteiger partial charge in [0.2, 0.25) is 0 Å². The molecule has 1 heterocycles. The van der Waals surface area contributed by atoms with Gasteiger partial charge in [0.05, 0.1) is 0 Å². The first kappa shape index (κ1) is 29.9. The molecule has 0 aliphatic rings. The van der Waals surface area contributed by atoms with Crippen LogP contribution in [-0.4, -0.2) is 15.0 Å². The van der Waals surface area contributed by atoms with Crippen molar-refractivity contribution in [2.75, 3.05) is 0 Å². The summed E-state index contributed by atoms with van der Waals surface area (Å²) in [5.41, 5.74) is 7.39. The lowest BCUT2D eigenvalue weighted by Gasteiger charge is -2.16. The molecule has 0 radical (unpaired) electrons. The van der Waals surface area contributed by atoms with Crippen LogP contribution in [0.5, 0.6) is 0 Å². The zero-order valence-corrected chi connectivity index (χ0v) is 28.2. The molecule has 0 amide bonds. The van der Waals surface area contributed by atoms with E-state index in [9.17, 15) is 0 Å². The third kappa shape index (κ3) is 5.19. The molecule has 10 aromatic rings. The molecule has 0 saturated carbocycles. The second kappa shape index (κ2) is 12.4. The van der Waals surface area contributed by atoms with Gasteiger partial charge >= 0.3 is 0 Å². The van der Waals surface area contributed by atoms with E-state index in [1.165, 1.54) is 48.7 Å². The summed E-state index contributed by atoms with van der Waals surface area (Å²) in [6.07, 6.45) is 0. The Morgan fingerprint density at radius 3 is 1.38 bits per heavy atom. The summed E-state index contributed by atoms with van der Waals surface area (Å²) in [5, 5.41) is 9.97. The van der Waals surface area contributed by atoms with Gasteiger partial charge in [0.25, 0.3) is 0 Å². The standard InChI is InChI=1S/C49H31N3/c1-3-13-32(14-4-1)36-19-11-21-39(29-36)48-50-47(35-17-5-2-6-18-35)51-49(52-48)40-22-12-20-37(30-40)44-31-38-26-25-33-15-7-9-23-41(33)45(38)43-28-27-34-16-8-10-24-42(34)46(43)44/h1-31H. The van der Waals surface area contributed by atoms with Crippen LogP contribution >= 0.6 is 0 Å². The molecule has 0 fully saturated rings. The average Bonchev–Trinajstić information content (AvgIpc) is 3.23. The van der Waals surface area contributed by atoms with Crippen LogP contribution in [0.2, 0.25) is 0 Å². The molecule has 0 aliphatic carbocycles. The summed E-state index contributed by atoms with van der Waals surface area (Å²) in [6.45, 7) is 0. The zero-order chi connectivity index (χ0) is 34.4. The van der Waals surface area contributed by atoms with E-state index in [2.05, 4.69) is 164 Å². The number of hydrogen-bond acceptors (Lipinski definition) is 3. The van der Waals surface area contributed by atoms with Crippen molar-refractivity contribution in [1.82, 2.24) is 15.0 Å². The summed E-state index contributed by atoms with van der Waals surface area (Å²) in [7, 11) is 0. The van der Waals surface area contributed by atoms with E-state index in [-0.39, 0.29) is 0 Å². The van der Waals surface area contributed by atoms with Crippen molar-refractivity contribution in [2.24, 2.45) is 0 Å². The lowest BCUT2D eigenvalue weighted by molar-refractivity contribution is 1.07. The minimum atomic E-state index is 0.636. The minimum Gasteiger partial charge on any atom is -0.208 e. The van der Waals surface area contributed by atoms with Crippen molar-refractivity contribution in [2.45, 2.75) is 0 Å². The van der Waals surface area contributed by atoms with Gasteiger partial charge in [-0.3, -0.25) is 0 Å². The highest BCUT2D eigenvalue weighted by Crippen LogP contribution is 2.42. The van der Waals surface area contributed by atoms with Crippen molar-refractivity contribution >= 4 is 43.1 Å². The molecule has 3 nitrogen and oxygen atoms in total. The third-order valence-electron chi connectivity index (χ3n) is 10.1. The molecular weight excluding hydrogens is 631 g/mol. The first-order chi connectivity index (χ1) is 25.8. The van der Waals surface area contributed by atoms with Crippen molar-refractivity contribution in [3.8, 4) is 56.4 Å². The highest BCUT2D eigenvalue weighted by Gasteiger charge is 2.17. The lowest BCUT2D eigenvalue weighted by atomic mass is 9.88. The van der Waals surface area contributed by atoms with Crippen LogP contribution in [0.4, 0.5) is 0 Å². The predicted molar refractivity (Wildman–Crippen MR) is 217 cm³/mol. The van der Waals surface area contributed by atoms with Crippen LogP contribution in [0, 0.1) is 0 Å². The van der Waals surface area contributed by atoms with Gasteiger partial charge in [-0.15, -0.1) is 0 Å². The minimum absolute atomic E-state index is 0.636. The number of rotatable bonds is 5. The molecule has 0 N–H and O–H groups in total.